The molecule has 0 aliphatic rings. The van der Waals surface area contributed by atoms with Gasteiger partial charge in [-0.2, -0.15) is 8.42 Å². The van der Waals surface area contributed by atoms with Crippen molar-refractivity contribution in [2.45, 2.75) is 329 Å². The monoisotopic (exact) mass is 989 g/mol. The van der Waals surface area contributed by atoms with Crippen LogP contribution in [0.1, 0.15) is 324 Å². The topological polar surface area (TPSA) is 168 Å². The SMILES string of the molecule is CCCCCCCCCC(CCCCCCCCC)(C(=O)[O-])C(C(=O)[O-])S(=O)(=O)O.CCCCCCCCC[NH2+]CCCCCCCCC.CCCCCCCCC[NH2+]CCCCCCCCC. The predicted octanol–water partition coefficient (Wildman–Crippen LogP) is 13.1. The molecule has 10 heteroatoms. The number of hydrogen-bond acceptors (Lipinski definition) is 6. The van der Waals surface area contributed by atoms with Crippen molar-refractivity contribution in [2.75, 3.05) is 26.2 Å². The Bertz CT molecular complexity index is 1040. The Morgan fingerprint density at radius 2 is 0.559 bits per heavy atom. The van der Waals surface area contributed by atoms with Crippen LogP contribution in [-0.2, 0) is 19.7 Å². The lowest BCUT2D eigenvalue weighted by Crippen LogP contribution is -2.84. The molecule has 0 spiro atoms. The second-order valence-electron chi connectivity index (χ2n) is 20.6. The summed E-state index contributed by atoms with van der Waals surface area (Å²) in [5.41, 5.74) is -2.18. The maximum Gasteiger partial charge on any atom is 0.274 e. The van der Waals surface area contributed by atoms with Crippen molar-refractivity contribution in [1.82, 2.24) is 0 Å². The molecule has 0 fully saturated rings. The smallest absolute Gasteiger partial charge is 0.274 e. The fourth-order valence-corrected chi connectivity index (χ4v) is 10.5. The van der Waals surface area contributed by atoms with E-state index in [0.717, 1.165) is 64.2 Å². The Morgan fingerprint density at radius 1 is 0.368 bits per heavy atom. The maximum absolute atomic E-state index is 12.0. The highest BCUT2D eigenvalue weighted by Gasteiger charge is 2.47. The van der Waals surface area contributed by atoms with Crippen LogP contribution in [0.25, 0.3) is 0 Å². The fourth-order valence-electron chi connectivity index (χ4n) is 9.40. The third kappa shape index (κ3) is 49.7. The van der Waals surface area contributed by atoms with Crippen LogP contribution < -0.4 is 20.8 Å². The van der Waals surface area contributed by atoms with E-state index in [1.54, 1.807) is 0 Å². The van der Waals surface area contributed by atoms with Crippen LogP contribution in [0.15, 0.2) is 0 Å². The molecular weight excluding hydrogens is 869 g/mol. The number of rotatable bonds is 52. The summed E-state index contributed by atoms with van der Waals surface area (Å²) in [6.45, 7) is 18.8. The number of carboxylic acid groups (broad SMARTS) is 2. The van der Waals surface area contributed by atoms with Gasteiger partial charge < -0.3 is 30.4 Å². The van der Waals surface area contributed by atoms with Crippen LogP contribution in [0.3, 0.4) is 0 Å². The summed E-state index contributed by atoms with van der Waals surface area (Å²) in [4.78, 5) is 23.6. The summed E-state index contributed by atoms with van der Waals surface area (Å²) in [6.07, 6.45) is 52.3. The van der Waals surface area contributed by atoms with Gasteiger partial charge in [-0.1, -0.05) is 260 Å². The number of carbonyl (C=O) groups is 2. The van der Waals surface area contributed by atoms with Crippen molar-refractivity contribution in [1.29, 1.82) is 0 Å². The molecule has 0 amide bonds. The van der Waals surface area contributed by atoms with Crippen molar-refractivity contribution in [3.63, 3.8) is 0 Å². The van der Waals surface area contributed by atoms with Crippen LogP contribution in [0.4, 0.5) is 0 Å². The van der Waals surface area contributed by atoms with Gasteiger partial charge in [0.05, 0.1) is 32.1 Å². The third-order valence-electron chi connectivity index (χ3n) is 13.9. The quantitative estimate of drug-likeness (QED) is 0.0403. The first-order valence-electron chi connectivity index (χ1n) is 30.0. The normalized spacial score (nSPS) is 12.0. The van der Waals surface area contributed by atoms with Crippen LogP contribution in [0.2, 0.25) is 0 Å². The van der Waals surface area contributed by atoms with E-state index in [4.69, 9.17) is 0 Å². The number of aliphatic carboxylic acids is 2. The van der Waals surface area contributed by atoms with E-state index in [0.29, 0.717) is 25.7 Å². The Hall–Kier alpha value is -1.23. The molecule has 0 saturated heterocycles. The summed E-state index contributed by atoms with van der Waals surface area (Å²) in [5.74, 6) is -3.83. The minimum Gasteiger partial charge on any atom is -0.549 e. The number of carboxylic acids is 2. The highest BCUT2D eigenvalue weighted by Crippen LogP contribution is 2.38. The summed E-state index contributed by atoms with van der Waals surface area (Å²) in [6, 6.07) is 0. The van der Waals surface area contributed by atoms with E-state index in [-0.39, 0.29) is 12.8 Å². The van der Waals surface area contributed by atoms with E-state index in [9.17, 15) is 32.8 Å². The van der Waals surface area contributed by atoms with Gasteiger partial charge in [-0.3, -0.25) is 4.55 Å². The van der Waals surface area contributed by atoms with Crippen LogP contribution in [0.5, 0.6) is 0 Å². The lowest BCUT2D eigenvalue weighted by Gasteiger charge is -2.40. The molecule has 0 aliphatic heterocycles. The predicted molar refractivity (Wildman–Crippen MR) is 288 cm³/mol. The molecule has 0 bridgehead atoms. The zero-order chi connectivity index (χ0) is 51.1. The van der Waals surface area contributed by atoms with Gasteiger partial charge in [-0.15, -0.1) is 0 Å². The maximum atomic E-state index is 12.0. The summed E-state index contributed by atoms with van der Waals surface area (Å²) in [5, 5.41) is 26.2. The van der Waals surface area contributed by atoms with Gasteiger partial charge in [0.15, 0.2) is 0 Å². The van der Waals surface area contributed by atoms with Crippen molar-refractivity contribution >= 4 is 22.1 Å². The number of unbranched alkanes of at least 4 members (excludes halogenated alkanes) is 36. The molecule has 5 N–H and O–H groups in total. The van der Waals surface area contributed by atoms with Gasteiger partial charge in [0.25, 0.3) is 10.1 Å². The van der Waals surface area contributed by atoms with Gasteiger partial charge in [0.1, 0.15) is 5.25 Å². The minimum atomic E-state index is -5.16. The molecule has 1 unspecified atom stereocenters. The van der Waals surface area contributed by atoms with E-state index in [2.05, 4.69) is 52.2 Å². The highest BCUT2D eigenvalue weighted by molar-refractivity contribution is 7.87. The average molecular weight is 990 g/mol. The van der Waals surface area contributed by atoms with E-state index >= 15 is 0 Å². The minimum absolute atomic E-state index is 0.169. The molecule has 0 aromatic rings. The van der Waals surface area contributed by atoms with Gasteiger partial charge >= 0.3 is 0 Å². The molecule has 0 aromatic carbocycles. The van der Waals surface area contributed by atoms with Gasteiger partial charge in [0, 0.05) is 11.4 Å². The van der Waals surface area contributed by atoms with Crippen molar-refractivity contribution < 1.29 is 43.4 Å². The van der Waals surface area contributed by atoms with Gasteiger partial charge in [0.2, 0.25) is 0 Å². The number of carbonyl (C=O) groups excluding carboxylic acids is 2. The molecule has 410 valence electrons. The molecule has 0 heterocycles. The van der Waals surface area contributed by atoms with Crippen molar-refractivity contribution in [3.8, 4) is 0 Å². The molecule has 0 aromatic heterocycles. The third-order valence-corrected chi connectivity index (χ3v) is 15.2. The highest BCUT2D eigenvalue weighted by atomic mass is 32.2. The van der Waals surface area contributed by atoms with Gasteiger partial charge in [-0.25, -0.2) is 0 Å². The lowest BCUT2D eigenvalue weighted by atomic mass is 9.74. The van der Waals surface area contributed by atoms with Crippen LogP contribution in [0, 0.1) is 5.41 Å². The Labute approximate surface area is 424 Å². The Balaban J connectivity index is -0.000000974. The molecule has 9 nitrogen and oxygen atoms in total. The summed E-state index contributed by atoms with van der Waals surface area (Å²) < 4.78 is 33.1. The second-order valence-corrected chi connectivity index (χ2v) is 22.1. The largest absolute Gasteiger partial charge is 0.549 e. The first-order chi connectivity index (χ1) is 33.0. The fraction of sp³-hybridized carbons (Fsp3) is 0.966. The first-order valence-corrected chi connectivity index (χ1v) is 31.5. The number of quaternary nitrogens is 2. The van der Waals surface area contributed by atoms with Gasteiger partial charge in [-0.05, 0) is 64.2 Å². The van der Waals surface area contributed by atoms with Crippen LogP contribution >= 0.6 is 0 Å². The molecule has 68 heavy (non-hydrogen) atoms. The van der Waals surface area contributed by atoms with Crippen LogP contribution in [-0.4, -0.2) is 56.3 Å². The number of nitrogens with two attached hydrogens (primary N) is 2. The Kier molecular flexibility index (Phi) is 59.2. The molecule has 0 aliphatic carbocycles. The van der Waals surface area contributed by atoms with E-state index in [1.165, 1.54) is 206 Å². The molecular formula is C58H120N2O7S. The zero-order valence-corrected chi connectivity index (χ0v) is 47.3. The summed E-state index contributed by atoms with van der Waals surface area (Å²) in [7, 11) is -5.16. The molecule has 0 saturated carbocycles. The second kappa shape index (κ2) is 56.7. The molecule has 0 radical (unpaired) electrons. The number of hydrogen-bond donors (Lipinski definition) is 3. The van der Waals surface area contributed by atoms with Crippen molar-refractivity contribution in [3.05, 3.63) is 0 Å². The zero-order valence-electron chi connectivity index (χ0n) is 46.5. The molecule has 0 rings (SSSR count). The first kappa shape index (κ1) is 71.0. The lowest BCUT2D eigenvalue weighted by molar-refractivity contribution is -0.655. The standard InChI is InChI=1S/C22H42O7S.2C18H39N/c1-3-5-7-9-11-13-15-17-22(21(25)26,19(20(23)24)30(27,28)29)18-16-14-12-10-8-6-4-2;2*1-3-5-7-9-11-13-15-17-19-18-16-14-12-10-8-6-4-2/h19H,3-18H2,1-2H3,(H,23,24)(H,25,26)(H,27,28,29);2*19H,3-18H2,1-2H3. The average Bonchev–Trinajstić information content (AvgIpc) is 3.30. The van der Waals surface area contributed by atoms with E-state index in [1.807, 2.05) is 0 Å². The Morgan fingerprint density at radius 3 is 0.735 bits per heavy atom. The van der Waals surface area contributed by atoms with E-state index < -0.39 is 32.7 Å². The molecule has 1 atom stereocenters. The summed E-state index contributed by atoms with van der Waals surface area (Å²) >= 11 is 0. The van der Waals surface area contributed by atoms with Crippen molar-refractivity contribution in [2.24, 2.45) is 5.41 Å².